The molecule has 0 unspecified atom stereocenters. The number of carbonyl (C=O) groups excluding carboxylic acids is 1. The van der Waals surface area contributed by atoms with Gasteiger partial charge in [-0.1, -0.05) is 24.3 Å². The summed E-state index contributed by atoms with van der Waals surface area (Å²) < 4.78 is 27.2. The molecule has 1 aromatic heterocycles. The third kappa shape index (κ3) is 3.94. The molecule has 0 saturated carbocycles. The first-order valence-electron chi connectivity index (χ1n) is 9.35. The lowest BCUT2D eigenvalue weighted by molar-refractivity contribution is 0.0949. The number of nitrogens with zero attached hydrogens (tertiary/aromatic N) is 2. The van der Waals surface area contributed by atoms with Gasteiger partial charge >= 0.3 is 0 Å². The monoisotopic (exact) mass is 399 g/mol. The van der Waals surface area contributed by atoms with Crippen LogP contribution < -0.4 is 5.32 Å². The van der Waals surface area contributed by atoms with Gasteiger partial charge in [-0.2, -0.15) is 0 Å². The second-order valence-electron chi connectivity index (χ2n) is 7.00. The Morgan fingerprint density at radius 2 is 1.79 bits per heavy atom. The van der Waals surface area contributed by atoms with Crippen LogP contribution in [-0.4, -0.2) is 35.7 Å². The molecule has 1 N–H and O–H groups in total. The molecule has 0 atom stereocenters. The van der Waals surface area contributed by atoms with Crippen molar-refractivity contribution in [1.29, 1.82) is 0 Å². The molecule has 6 nitrogen and oxygen atoms in total. The topological polar surface area (TPSA) is 81.1 Å². The summed E-state index contributed by atoms with van der Waals surface area (Å²) in [5.74, 6) is 0.563. The summed E-state index contributed by atoms with van der Waals surface area (Å²) in [6.45, 7) is 6.36. The molecule has 0 aliphatic carbocycles. The van der Waals surface area contributed by atoms with E-state index in [-0.39, 0.29) is 16.4 Å². The minimum Gasteiger partial charge on any atom is -0.352 e. The molecule has 0 saturated heterocycles. The summed E-state index contributed by atoms with van der Waals surface area (Å²) in [4.78, 5) is 17.2. The second-order valence-corrected chi connectivity index (χ2v) is 9.47. The maximum atomic E-state index is 12.6. The van der Waals surface area contributed by atoms with Gasteiger partial charge < -0.3 is 9.88 Å². The summed E-state index contributed by atoms with van der Waals surface area (Å²) in [6, 6.07) is 14.3. The van der Waals surface area contributed by atoms with Crippen LogP contribution in [0.15, 0.2) is 53.4 Å². The number of sulfone groups is 1. The van der Waals surface area contributed by atoms with Gasteiger partial charge in [0.05, 0.1) is 26.7 Å². The highest BCUT2D eigenvalue weighted by Gasteiger charge is 2.24. The maximum absolute atomic E-state index is 12.6. The van der Waals surface area contributed by atoms with Crippen LogP contribution in [0, 0.1) is 6.92 Å². The Hall–Kier alpha value is -2.67. The summed E-state index contributed by atoms with van der Waals surface area (Å²) in [5, 5.41) is 2.26. The number of para-hydroxylation sites is 2. The third-order valence-electron chi connectivity index (χ3n) is 4.75. The Morgan fingerprint density at radius 3 is 2.54 bits per heavy atom. The Balaban J connectivity index is 1.66. The van der Waals surface area contributed by atoms with E-state index >= 15 is 0 Å². The van der Waals surface area contributed by atoms with Gasteiger partial charge in [0.1, 0.15) is 5.82 Å². The van der Waals surface area contributed by atoms with E-state index in [4.69, 9.17) is 0 Å². The van der Waals surface area contributed by atoms with Gasteiger partial charge in [-0.15, -0.1) is 0 Å². The lowest BCUT2D eigenvalue weighted by Crippen LogP contribution is -2.28. The molecule has 0 radical (unpaired) electrons. The molecule has 3 rings (SSSR count). The SMILES string of the molecule is Cc1nc2ccccc2n1CCCNC(=O)c1ccccc1S(=O)(=O)C(C)C. The van der Waals surface area contributed by atoms with Crippen molar-refractivity contribution < 1.29 is 13.2 Å². The smallest absolute Gasteiger partial charge is 0.252 e. The number of benzene rings is 2. The molecule has 0 spiro atoms. The molecule has 1 amide bonds. The van der Waals surface area contributed by atoms with Gasteiger partial charge in [0.15, 0.2) is 9.84 Å². The molecule has 0 fully saturated rings. The van der Waals surface area contributed by atoms with Crippen molar-refractivity contribution in [1.82, 2.24) is 14.9 Å². The molecule has 148 valence electrons. The number of aromatic nitrogens is 2. The summed E-state index contributed by atoms with van der Waals surface area (Å²) >= 11 is 0. The maximum Gasteiger partial charge on any atom is 0.252 e. The van der Waals surface area contributed by atoms with Crippen LogP contribution in [0.2, 0.25) is 0 Å². The van der Waals surface area contributed by atoms with Gasteiger partial charge in [0.2, 0.25) is 0 Å². The predicted octanol–water partition coefficient (Wildman–Crippen LogP) is 3.35. The van der Waals surface area contributed by atoms with Crippen LogP contribution in [0.4, 0.5) is 0 Å². The molecular formula is C21H25N3O3S. The Labute approximate surface area is 165 Å². The average molecular weight is 400 g/mol. The third-order valence-corrected chi connectivity index (χ3v) is 6.96. The number of hydrogen-bond acceptors (Lipinski definition) is 4. The van der Waals surface area contributed by atoms with E-state index in [2.05, 4.69) is 14.9 Å². The minimum atomic E-state index is -3.52. The zero-order valence-electron chi connectivity index (χ0n) is 16.3. The first-order chi connectivity index (χ1) is 13.3. The van der Waals surface area contributed by atoms with E-state index in [1.165, 1.54) is 6.07 Å². The second kappa shape index (κ2) is 8.14. The molecule has 0 bridgehead atoms. The predicted molar refractivity (Wildman–Crippen MR) is 110 cm³/mol. The quantitative estimate of drug-likeness (QED) is 0.618. The van der Waals surface area contributed by atoms with Gasteiger partial charge in [0.25, 0.3) is 5.91 Å². The van der Waals surface area contributed by atoms with Gasteiger partial charge in [-0.25, -0.2) is 13.4 Å². The molecular weight excluding hydrogens is 374 g/mol. The molecule has 0 aliphatic rings. The Kier molecular flexibility index (Phi) is 5.84. The first kappa shape index (κ1) is 20.1. The molecule has 2 aromatic carbocycles. The van der Waals surface area contributed by atoms with E-state index in [9.17, 15) is 13.2 Å². The minimum absolute atomic E-state index is 0.0824. The normalized spacial score (nSPS) is 11.9. The van der Waals surface area contributed by atoms with Crippen molar-refractivity contribution in [2.24, 2.45) is 0 Å². The van der Waals surface area contributed by atoms with Gasteiger partial charge in [-0.05, 0) is 51.5 Å². The molecule has 7 heteroatoms. The van der Waals surface area contributed by atoms with E-state index < -0.39 is 15.1 Å². The zero-order chi connectivity index (χ0) is 20.3. The summed E-state index contributed by atoms with van der Waals surface area (Å²) in [6.07, 6.45) is 0.714. The largest absolute Gasteiger partial charge is 0.352 e. The van der Waals surface area contributed by atoms with Crippen molar-refractivity contribution >= 4 is 26.8 Å². The number of imidazole rings is 1. The van der Waals surface area contributed by atoms with E-state index in [0.717, 1.165) is 23.4 Å². The van der Waals surface area contributed by atoms with Crippen molar-refractivity contribution in [3.8, 4) is 0 Å². The first-order valence-corrected chi connectivity index (χ1v) is 10.9. The van der Waals surface area contributed by atoms with Crippen LogP contribution in [0.25, 0.3) is 11.0 Å². The highest BCUT2D eigenvalue weighted by atomic mass is 32.2. The number of carbonyl (C=O) groups is 1. The number of nitrogens with one attached hydrogen (secondary N) is 1. The number of fused-ring (bicyclic) bond motifs is 1. The van der Waals surface area contributed by atoms with Crippen LogP contribution in [0.3, 0.4) is 0 Å². The lowest BCUT2D eigenvalue weighted by Gasteiger charge is -2.13. The fourth-order valence-corrected chi connectivity index (χ4v) is 4.41. The fourth-order valence-electron chi connectivity index (χ4n) is 3.17. The van der Waals surface area contributed by atoms with Gasteiger partial charge in [0, 0.05) is 13.1 Å². The molecule has 0 aliphatic heterocycles. The number of rotatable bonds is 7. The van der Waals surface area contributed by atoms with E-state index in [1.54, 1.807) is 32.0 Å². The zero-order valence-corrected chi connectivity index (χ0v) is 17.2. The fraction of sp³-hybridized carbons (Fsp3) is 0.333. The van der Waals surface area contributed by atoms with Crippen LogP contribution in [0.5, 0.6) is 0 Å². The Bertz CT molecular complexity index is 1100. The lowest BCUT2D eigenvalue weighted by atomic mass is 10.2. The van der Waals surface area contributed by atoms with Crippen LogP contribution in [-0.2, 0) is 16.4 Å². The molecule has 28 heavy (non-hydrogen) atoms. The van der Waals surface area contributed by atoms with Crippen molar-refractivity contribution in [2.45, 2.75) is 43.9 Å². The van der Waals surface area contributed by atoms with Crippen molar-refractivity contribution in [3.05, 3.63) is 59.9 Å². The number of aryl methyl sites for hydroxylation is 2. The van der Waals surface area contributed by atoms with Crippen molar-refractivity contribution in [3.63, 3.8) is 0 Å². The Morgan fingerprint density at radius 1 is 1.11 bits per heavy atom. The average Bonchev–Trinajstić information content (AvgIpc) is 3.00. The number of hydrogen-bond donors (Lipinski definition) is 1. The van der Waals surface area contributed by atoms with Crippen LogP contribution in [0.1, 0.15) is 36.5 Å². The molecule has 3 aromatic rings. The van der Waals surface area contributed by atoms with Crippen LogP contribution >= 0.6 is 0 Å². The summed E-state index contributed by atoms with van der Waals surface area (Å²) in [5.41, 5.74) is 2.22. The standard InChI is InChI=1S/C21H25N3O3S/c1-15(2)28(26,27)20-12-7-4-9-17(20)21(25)22-13-8-14-24-16(3)23-18-10-5-6-11-19(18)24/h4-7,9-12,15H,8,13-14H2,1-3H3,(H,22,25). The van der Waals surface area contributed by atoms with Crippen molar-refractivity contribution in [2.75, 3.05) is 6.54 Å². The van der Waals surface area contributed by atoms with Gasteiger partial charge in [-0.3, -0.25) is 4.79 Å². The highest BCUT2D eigenvalue weighted by molar-refractivity contribution is 7.92. The van der Waals surface area contributed by atoms with E-state index in [1.807, 2.05) is 31.2 Å². The van der Waals surface area contributed by atoms with E-state index in [0.29, 0.717) is 13.0 Å². The number of amides is 1. The molecule has 1 heterocycles. The summed E-state index contributed by atoms with van der Waals surface area (Å²) in [7, 11) is -3.52. The highest BCUT2D eigenvalue weighted by Crippen LogP contribution is 2.20.